The van der Waals surface area contributed by atoms with Gasteiger partial charge in [-0.1, -0.05) is 11.3 Å². The van der Waals surface area contributed by atoms with Crippen LogP contribution in [-0.4, -0.2) is 62.9 Å². The molecule has 0 saturated heterocycles. The van der Waals surface area contributed by atoms with E-state index in [1.807, 2.05) is 12.3 Å². The first-order valence-electron chi connectivity index (χ1n) is 11.7. The predicted molar refractivity (Wildman–Crippen MR) is 125 cm³/mol. The summed E-state index contributed by atoms with van der Waals surface area (Å²) < 4.78 is 54.1. The van der Waals surface area contributed by atoms with Crippen molar-refractivity contribution in [2.24, 2.45) is 0 Å². The molecule has 0 radical (unpaired) electrons. The summed E-state index contributed by atoms with van der Waals surface area (Å²) in [6.07, 6.45) is 1.30. The van der Waals surface area contributed by atoms with Gasteiger partial charge in [0.2, 0.25) is 0 Å². The van der Waals surface area contributed by atoms with Crippen molar-refractivity contribution < 1.29 is 27.8 Å². The number of methoxy groups -OCH3 is 2. The minimum absolute atomic E-state index is 0.116. The normalized spacial score (nSPS) is 20.5. The van der Waals surface area contributed by atoms with E-state index in [0.717, 1.165) is 35.1 Å². The zero-order valence-electron chi connectivity index (χ0n) is 19.8. The molecule has 4 aromatic rings. The fourth-order valence-electron chi connectivity index (χ4n) is 5.02. The van der Waals surface area contributed by atoms with Gasteiger partial charge in [-0.05, 0) is 49.4 Å². The largest absolute Gasteiger partial charge is 0.493 e. The highest BCUT2D eigenvalue weighted by molar-refractivity contribution is 5.92. The molecule has 1 saturated carbocycles. The monoisotopic (exact) mass is 504 g/mol. The van der Waals surface area contributed by atoms with Crippen LogP contribution in [0.25, 0.3) is 16.6 Å². The van der Waals surface area contributed by atoms with E-state index < -0.39 is 18.3 Å². The first-order valence-corrected chi connectivity index (χ1v) is 11.7. The van der Waals surface area contributed by atoms with Gasteiger partial charge in [-0.2, -0.15) is 13.2 Å². The van der Waals surface area contributed by atoms with Gasteiger partial charge in [0.25, 0.3) is 0 Å². The Bertz CT molecular complexity index is 1360. The third-order valence-electron chi connectivity index (χ3n) is 7.09. The van der Waals surface area contributed by atoms with Crippen LogP contribution in [0.3, 0.4) is 0 Å². The Morgan fingerprint density at radius 2 is 1.86 bits per heavy atom. The van der Waals surface area contributed by atoms with E-state index >= 15 is 0 Å². The number of rotatable bonds is 7. The van der Waals surface area contributed by atoms with Crippen LogP contribution < -0.4 is 14.8 Å². The van der Waals surface area contributed by atoms with Gasteiger partial charge in [0.05, 0.1) is 19.9 Å². The molecule has 9 nitrogen and oxygen atoms in total. The maximum atomic E-state index is 14.1. The summed E-state index contributed by atoms with van der Waals surface area (Å²) >= 11 is 0. The second-order valence-electron chi connectivity index (χ2n) is 9.11. The van der Waals surface area contributed by atoms with E-state index in [4.69, 9.17) is 9.47 Å². The summed E-state index contributed by atoms with van der Waals surface area (Å²) in [6.45, 7) is -0.675. The van der Waals surface area contributed by atoms with Crippen molar-refractivity contribution in [3.05, 3.63) is 48.0 Å². The third-order valence-corrected chi connectivity index (χ3v) is 7.09. The molecular formula is C24H27F3N6O3. The first kappa shape index (κ1) is 24.3. The van der Waals surface area contributed by atoms with Gasteiger partial charge < -0.3 is 24.9 Å². The van der Waals surface area contributed by atoms with E-state index in [-0.39, 0.29) is 29.0 Å². The first-order chi connectivity index (χ1) is 17.2. The molecule has 192 valence electrons. The van der Waals surface area contributed by atoms with Crippen molar-refractivity contribution in [2.45, 2.75) is 49.4 Å². The number of hydrogen-bond donors (Lipinski definition) is 3. The second kappa shape index (κ2) is 9.25. The standard InChI is InChI=1S/C24H27F3N6O3/c1-35-18-8-5-15(11-19(18)36-2)23(34,24(25,26)27)12-29-16-6-3-14(4-7-16)20-21-17-9-10-28-22(17)30-13-33(21)32-31-20/h5,8-11,13-14,16,28-29,34H,3-4,6-7,12H2,1-2H3. The fourth-order valence-corrected chi connectivity index (χ4v) is 5.02. The van der Waals surface area contributed by atoms with Gasteiger partial charge in [-0.3, -0.25) is 0 Å². The number of nitrogens with zero attached hydrogens (tertiary/aromatic N) is 4. The zero-order chi connectivity index (χ0) is 25.5. The summed E-state index contributed by atoms with van der Waals surface area (Å²) in [5.74, 6) is 0.533. The van der Waals surface area contributed by atoms with Crippen LogP contribution in [0.1, 0.15) is 42.9 Å². The van der Waals surface area contributed by atoms with E-state index in [9.17, 15) is 18.3 Å². The highest BCUT2D eigenvalue weighted by Gasteiger charge is 2.55. The average Bonchev–Trinajstić information content (AvgIpc) is 3.53. The van der Waals surface area contributed by atoms with Crippen molar-refractivity contribution in [1.29, 1.82) is 0 Å². The predicted octanol–water partition coefficient (Wildman–Crippen LogP) is 3.69. The second-order valence-corrected chi connectivity index (χ2v) is 9.11. The van der Waals surface area contributed by atoms with Crippen LogP contribution in [0.4, 0.5) is 13.2 Å². The van der Waals surface area contributed by atoms with Gasteiger partial charge >= 0.3 is 6.18 Å². The minimum Gasteiger partial charge on any atom is -0.493 e. The van der Waals surface area contributed by atoms with Crippen molar-refractivity contribution in [3.8, 4) is 11.5 Å². The van der Waals surface area contributed by atoms with E-state index in [0.29, 0.717) is 12.8 Å². The van der Waals surface area contributed by atoms with Crippen molar-refractivity contribution in [2.75, 3.05) is 20.8 Å². The van der Waals surface area contributed by atoms with Crippen molar-refractivity contribution in [3.63, 3.8) is 0 Å². The molecular weight excluding hydrogens is 477 g/mol. The van der Waals surface area contributed by atoms with Crippen LogP contribution in [0.15, 0.2) is 36.8 Å². The number of aromatic amines is 1. The molecule has 1 atom stereocenters. The highest BCUT2D eigenvalue weighted by Crippen LogP contribution is 2.42. The molecule has 1 aliphatic carbocycles. The Hall–Kier alpha value is -3.38. The number of halogens is 3. The van der Waals surface area contributed by atoms with Gasteiger partial charge in [0, 0.05) is 30.1 Å². The summed E-state index contributed by atoms with van der Waals surface area (Å²) in [6, 6.07) is 5.49. The number of ether oxygens (including phenoxy) is 2. The van der Waals surface area contributed by atoms with Crippen LogP contribution in [-0.2, 0) is 5.60 Å². The number of aliphatic hydroxyl groups is 1. The molecule has 3 heterocycles. The molecule has 1 aromatic carbocycles. The van der Waals surface area contributed by atoms with Gasteiger partial charge in [0.1, 0.15) is 17.5 Å². The maximum absolute atomic E-state index is 14.1. The van der Waals surface area contributed by atoms with E-state index in [1.54, 1.807) is 10.8 Å². The number of hydrogen-bond acceptors (Lipinski definition) is 7. The van der Waals surface area contributed by atoms with E-state index in [2.05, 4.69) is 25.6 Å². The minimum atomic E-state index is -4.90. The van der Waals surface area contributed by atoms with E-state index in [1.165, 1.54) is 32.4 Å². The third kappa shape index (κ3) is 4.13. The van der Waals surface area contributed by atoms with Crippen LogP contribution in [0.2, 0.25) is 0 Å². The maximum Gasteiger partial charge on any atom is 0.422 e. The van der Waals surface area contributed by atoms with Gasteiger partial charge in [-0.15, -0.1) is 5.10 Å². The summed E-state index contributed by atoms with van der Waals surface area (Å²) in [5, 5.41) is 23.3. The van der Waals surface area contributed by atoms with Crippen LogP contribution in [0, 0.1) is 0 Å². The molecule has 1 fully saturated rings. The van der Waals surface area contributed by atoms with Crippen molar-refractivity contribution >= 4 is 16.6 Å². The molecule has 0 amide bonds. The molecule has 5 rings (SSSR count). The lowest BCUT2D eigenvalue weighted by Crippen LogP contribution is -2.52. The molecule has 3 N–H and O–H groups in total. The summed E-state index contributed by atoms with van der Waals surface area (Å²) in [4.78, 5) is 7.41. The summed E-state index contributed by atoms with van der Waals surface area (Å²) in [5.41, 5.74) is -0.869. The van der Waals surface area contributed by atoms with Crippen LogP contribution >= 0.6 is 0 Å². The SMILES string of the molecule is COc1ccc(C(O)(CNC2CCC(c3nnn4cnc5[nH]ccc5c34)CC2)C(F)(F)F)cc1OC. The molecule has 3 aromatic heterocycles. The zero-order valence-corrected chi connectivity index (χ0v) is 19.8. The molecule has 1 aliphatic rings. The number of benzene rings is 1. The fraction of sp³-hybridized carbons (Fsp3) is 0.458. The molecule has 0 spiro atoms. The van der Waals surface area contributed by atoms with Gasteiger partial charge in [0.15, 0.2) is 17.1 Å². The lowest BCUT2D eigenvalue weighted by molar-refractivity contribution is -0.265. The highest BCUT2D eigenvalue weighted by atomic mass is 19.4. The lowest BCUT2D eigenvalue weighted by Gasteiger charge is -2.35. The topological polar surface area (TPSA) is 110 Å². The number of nitrogens with one attached hydrogen (secondary N) is 2. The molecule has 0 aliphatic heterocycles. The average molecular weight is 505 g/mol. The Labute approximate surface area is 204 Å². The quantitative estimate of drug-likeness (QED) is 0.352. The molecule has 0 bridgehead atoms. The lowest BCUT2D eigenvalue weighted by atomic mass is 9.83. The Morgan fingerprint density at radius 3 is 2.56 bits per heavy atom. The number of alkyl halides is 3. The Balaban J connectivity index is 1.29. The van der Waals surface area contributed by atoms with Crippen molar-refractivity contribution in [1.82, 2.24) is 30.1 Å². The molecule has 1 unspecified atom stereocenters. The number of fused-ring (bicyclic) bond motifs is 3. The Kier molecular flexibility index (Phi) is 6.25. The Morgan fingerprint density at radius 1 is 1.11 bits per heavy atom. The summed E-state index contributed by atoms with van der Waals surface area (Å²) in [7, 11) is 2.73. The number of H-pyrrole nitrogens is 1. The van der Waals surface area contributed by atoms with Crippen LogP contribution in [0.5, 0.6) is 11.5 Å². The smallest absolute Gasteiger partial charge is 0.422 e. The number of aromatic nitrogens is 5. The molecule has 36 heavy (non-hydrogen) atoms. The van der Waals surface area contributed by atoms with Gasteiger partial charge in [-0.25, -0.2) is 9.50 Å². The molecule has 12 heteroatoms.